The number of carbonyl (C=O) groups is 1. The molecule has 0 radical (unpaired) electrons. The summed E-state index contributed by atoms with van der Waals surface area (Å²) in [6.45, 7) is 3.27. The number of morpholine rings is 1. The number of carbonyl (C=O) groups excluding carboxylic acids is 1. The van der Waals surface area contributed by atoms with E-state index < -0.39 is 0 Å². The summed E-state index contributed by atoms with van der Waals surface area (Å²) in [7, 11) is 0. The Balaban J connectivity index is 1.57. The number of ether oxygens (including phenoxy) is 2. The van der Waals surface area contributed by atoms with Gasteiger partial charge in [0.25, 0.3) is 0 Å². The Morgan fingerprint density at radius 2 is 2.17 bits per heavy atom. The second kappa shape index (κ2) is 7.66. The van der Waals surface area contributed by atoms with E-state index in [4.69, 9.17) is 9.47 Å². The highest BCUT2D eigenvalue weighted by Crippen LogP contribution is 2.22. The highest BCUT2D eigenvalue weighted by Gasteiger charge is 2.14. The van der Waals surface area contributed by atoms with E-state index in [1.54, 1.807) is 24.5 Å². The van der Waals surface area contributed by atoms with Gasteiger partial charge in [0.1, 0.15) is 5.75 Å². The molecule has 23 heavy (non-hydrogen) atoms. The fraction of sp³-hybridized carbons (Fsp3) is 0.312. The molecule has 1 amide bonds. The molecule has 0 unspecified atom stereocenters. The summed E-state index contributed by atoms with van der Waals surface area (Å²) < 4.78 is 10.9. The van der Waals surface area contributed by atoms with Gasteiger partial charge in [0.05, 0.1) is 26.0 Å². The van der Waals surface area contributed by atoms with Crippen LogP contribution in [0.4, 0.5) is 5.69 Å². The Morgan fingerprint density at radius 3 is 2.96 bits per heavy atom. The molecule has 2 heterocycles. The molecule has 0 spiro atoms. The first kappa shape index (κ1) is 15.4. The van der Waals surface area contributed by atoms with E-state index in [1.165, 1.54) is 6.20 Å². The fourth-order valence-electron chi connectivity index (χ4n) is 2.26. The van der Waals surface area contributed by atoms with Crippen molar-refractivity contribution in [3.05, 3.63) is 42.9 Å². The van der Waals surface area contributed by atoms with E-state index in [9.17, 15) is 4.79 Å². The molecule has 7 nitrogen and oxygen atoms in total. The van der Waals surface area contributed by atoms with Crippen molar-refractivity contribution in [1.29, 1.82) is 0 Å². The van der Waals surface area contributed by atoms with Gasteiger partial charge in [-0.2, -0.15) is 0 Å². The Labute approximate surface area is 134 Å². The molecule has 2 aromatic rings. The minimum atomic E-state index is -0.0523. The third-order valence-corrected chi connectivity index (χ3v) is 3.35. The van der Waals surface area contributed by atoms with Crippen LogP contribution in [-0.4, -0.2) is 53.6 Å². The predicted molar refractivity (Wildman–Crippen MR) is 84.4 cm³/mol. The van der Waals surface area contributed by atoms with Gasteiger partial charge in [-0.25, -0.2) is 4.98 Å². The van der Waals surface area contributed by atoms with Crippen LogP contribution in [-0.2, 0) is 9.53 Å². The standard InChI is InChI=1S/C16H18N4O3/c21-15(12-20-6-8-22-9-7-20)19-13-2-1-3-14(10-13)23-16-11-17-4-5-18-16/h1-5,10-11H,6-9,12H2,(H,19,21). The van der Waals surface area contributed by atoms with Crippen LogP contribution in [0.3, 0.4) is 0 Å². The summed E-state index contributed by atoms with van der Waals surface area (Å²) in [6.07, 6.45) is 4.67. The fourth-order valence-corrected chi connectivity index (χ4v) is 2.26. The van der Waals surface area contributed by atoms with Gasteiger partial charge in [-0.15, -0.1) is 0 Å². The second-order valence-electron chi connectivity index (χ2n) is 5.11. The van der Waals surface area contributed by atoms with Crippen molar-refractivity contribution in [2.45, 2.75) is 0 Å². The Hall–Kier alpha value is -2.51. The highest BCUT2D eigenvalue weighted by molar-refractivity contribution is 5.92. The third-order valence-electron chi connectivity index (χ3n) is 3.35. The largest absolute Gasteiger partial charge is 0.437 e. The summed E-state index contributed by atoms with van der Waals surface area (Å²) in [5.74, 6) is 0.947. The summed E-state index contributed by atoms with van der Waals surface area (Å²) in [5.41, 5.74) is 0.685. The molecule has 1 aliphatic heterocycles. The molecule has 0 aliphatic carbocycles. The second-order valence-corrected chi connectivity index (χ2v) is 5.11. The van der Waals surface area contributed by atoms with Crippen LogP contribution in [0, 0.1) is 0 Å². The topological polar surface area (TPSA) is 76.6 Å². The van der Waals surface area contributed by atoms with Crippen LogP contribution in [0.15, 0.2) is 42.9 Å². The third kappa shape index (κ3) is 4.73. The number of nitrogens with zero attached hydrogens (tertiary/aromatic N) is 3. The van der Waals surface area contributed by atoms with Crippen molar-refractivity contribution in [3.63, 3.8) is 0 Å². The summed E-state index contributed by atoms with van der Waals surface area (Å²) in [5, 5.41) is 2.88. The van der Waals surface area contributed by atoms with Gasteiger partial charge in [0.15, 0.2) is 0 Å². The van der Waals surface area contributed by atoms with Crippen molar-refractivity contribution < 1.29 is 14.3 Å². The van der Waals surface area contributed by atoms with Crippen LogP contribution >= 0.6 is 0 Å². The molecule has 1 aliphatic rings. The van der Waals surface area contributed by atoms with Crippen LogP contribution in [0.25, 0.3) is 0 Å². The van der Waals surface area contributed by atoms with Gasteiger partial charge in [0, 0.05) is 37.2 Å². The van der Waals surface area contributed by atoms with Gasteiger partial charge in [0.2, 0.25) is 11.8 Å². The Kier molecular flexibility index (Phi) is 5.13. The molecule has 7 heteroatoms. The first-order valence-corrected chi connectivity index (χ1v) is 7.43. The van der Waals surface area contributed by atoms with Gasteiger partial charge in [-0.1, -0.05) is 6.07 Å². The zero-order valence-corrected chi connectivity index (χ0v) is 12.6. The smallest absolute Gasteiger partial charge is 0.238 e. The lowest BCUT2D eigenvalue weighted by atomic mass is 10.3. The molecule has 1 fully saturated rings. The van der Waals surface area contributed by atoms with Crippen molar-refractivity contribution in [1.82, 2.24) is 14.9 Å². The number of nitrogens with one attached hydrogen (secondary N) is 1. The molecule has 0 saturated carbocycles. The lowest BCUT2D eigenvalue weighted by molar-refractivity contribution is -0.118. The molecule has 120 valence electrons. The normalized spacial score (nSPS) is 15.1. The molecule has 0 bridgehead atoms. The van der Waals surface area contributed by atoms with Gasteiger partial charge < -0.3 is 14.8 Å². The molecule has 3 rings (SSSR count). The van der Waals surface area contributed by atoms with Crippen LogP contribution in [0.2, 0.25) is 0 Å². The first-order chi connectivity index (χ1) is 11.3. The number of rotatable bonds is 5. The maximum atomic E-state index is 12.1. The average molecular weight is 314 g/mol. The lowest BCUT2D eigenvalue weighted by Gasteiger charge is -2.25. The van der Waals surface area contributed by atoms with E-state index in [1.807, 2.05) is 12.1 Å². The lowest BCUT2D eigenvalue weighted by Crippen LogP contribution is -2.41. The molecule has 1 aromatic carbocycles. The van der Waals surface area contributed by atoms with Gasteiger partial charge in [-0.05, 0) is 12.1 Å². The van der Waals surface area contributed by atoms with Crippen molar-refractivity contribution in [2.75, 3.05) is 38.2 Å². The van der Waals surface area contributed by atoms with Crippen molar-refractivity contribution in [3.8, 4) is 11.6 Å². The predicted octanol–water partition coefficient (Wildman–Crippen LogP) is 1.54. The van der Waals surface area contributed by atoms with E-state index in [0.29, 0.717) is 37.1 Å². The molecule has 0 atom stereocenters. The number of aromatic nitrogens is 2. The number of hydrogen-bond donors (Lipinski definition) is 1. The molecule has 1 N–H and O–H groups in total. The van der Waals surface area contributed by atoms with E-state index in [0.717, 1.165) is 13.1 Å². The monoisotopic (exact) mass is 314 g/mol. The maximum Gasteiger partial charge on any atom is 0.238 e. The van der Waals surface area contributed by atoms with Crippen molar-refractivity contribution in [2.24, 2.45) is 0 Å². The summed E-state index contributed by atoms with van der Waals surface area (Å²) >= 11 is 0. The number of anilines is 1. The molecular formula is C16H18N4O3. The molecule has 1 aromatic heterocycles. The van der Waals surface area contributed by atoms with E-state index in [2.05, 4.69) is 20.2 Å². The summed E-state index contributed by atoms with van der Waals surface area (Å²) in [4.78, 5) is 22.2. The highest BCUT2D eigenvalue weighted by atomic mass is 16.5. The Bertz CT molecular complexity index is 645. The molecular weight excluding hydrogens is 296 g/mol. The molecule has 1 saturated heterocycles. The van der Waals surface area contributed by atoms with Gasteiger partial charge >= 0.3 is 0 Å². The van der Waals surface area contributed by atoms with Crippen molar-refractivity contribution >= 4 is 11.6 Å². The Morgan fingerprint density at radius 1 is 1.30 bits per heavy atom. The number of hydrogen-bond acceptors (Lipinski definition) is 6. The first-order valence-electron chi connectivity index (χ1n) is 7.43. The number of amides is 1. The van der Waals surface area contributed by atoms with Gasteiger partial charge in [-0.3, -0.25) is 14.7 Å². The van der Waals surface area contributed by atoms with Crippen LogP contribution in [0.5, 0.6) is 11.6 Å². The zero-order valence-electron chi connectivity index (χ0n) is 12.6. The van der Waals surface area contributed by atoms with E-state index in [-0.39, 0.29) is 5.91 Å². The minimum Gasteiger partial charge on any atom is -0.437 e. The zero-order chi connectivity index (χ0) is 15.9. The summed E-state index contributed by atoms with van der Waals surface area (Å²) in [6, 6.07) is 7.19. The maximum absolute atomic E-state index is 12.1. The SMILES string of the molecule is O=C(CN1CCOCC1)Nc1cccc(Oc2cnccn2)c1. The minimum absolute atomic E-state index is 0.0523. The van der Waals surface area contributed by atoms with Crippen LogP contribution in [0.1, 0.15) is 0 Å². The average Bonchev–Trinajstić information content (AvgIpc) is 2.57. The quantitative estimate of drug-likeness (QED) is 0.902. The van der Waals surface area contributed by atoms with Crippen LogP contribution < -0.4 is 10.1 Å². The number of benzene rings is 1. The van der Waals surface area contributed by atoms with E-state index >= 15 is 0 Å².